The normalized spacial score (nSPS) is 19.1. The molecule has 4 rings (SSSR count). The molecule has 2 aromatic rings. The van der Waals surface area contributed by atoms with Gasteiger partial charge in [0, 0.05) is 12.1 Å². The minimum absolute atomic E-state index is 0. The zero-order valence-corrected chi connectivity index (χ0v) is 16.7. The van der Waals surface area contributed by atoms with Gasteiger partial charge in [0.1, 0.15) is 17.3 Å². The lowest BCUT2D eigenvalue weighted by Gasteiger charge is -2.26. The van der Waals surface area contributed by atoms with Crippen LogP contribution in [-0.4, -0.2) is 34.9 Å². The average Bonchev–Trinajstić information content (AvgIpc) is 3.51. The van der Waals surface area contributed by atoms with Crippen LogP contribution in [0.5, 0.6) is 11.5 Å². The van der Waals surface area contributed by atoms with Gasteiger partial charge in [0.25, 0.3) is 0 Å². The van der Waals surface area contributed by atoms with Gasteiger partial charge in [-0.15, -0.1) is 12.4 Å². The number of phenolic OH excluding ortho intramolecular Hbond substituents is 1. The fraction of sp³-hybridized carbons (Fsp3) is 0.476. The standard InChI is InChI=1S/C21H27N3O3.ClH/c22-21-16(11-25)15(14-3-2-8-23-10-14)9-17(24-21)20-18(26)4-1-5-19(20)27-12-13-6-7-13;/h1,4-5,9,13-14,23,25-26H,2-3,6-8,10-12H2,(H2,22,24);1H. The maximum absolute atomic E-state index is 10.5. The molecule has 0 spiro atoms. The number of hydrogen-bond acceptors (Lipinski definition) is 6. The van der Waals surface area contributed by atoms with Crippen molar-refractivity contribution in [3.63, 3.8) is 0 Å². The molecule has 2 fully saturated rings. The maximum atomic E-state index is 10.5. The van der Waals surface area contributed by atoms with Gasteiger partial charge in [-0.25, -0.2) is 4.98 Å². The summed E-state index contributed by atoms with van der Waals surface area (Å²) in [6, 6.07) is 7.23. The number of nitrogens with two attached hydrogens (primary N) is 1. The van der Waals surface area contributed by atoms with Crippen LogP contribution >= 0.6 is 12.4 Å². The second kappa shape index (κ2) is 8.99. The van der Waals surface area contributed by atoms with E-state index in [1.165, 1.54) is 12.8 Å². The summed E-state index contributed by atoms with van der Waals surface area (Å²) >= 11 is 0. The monoisotopic (exact) mass is 405 g/mol. The van der Waals surface area contributed by atoms with Crippen LogP contribution in [0, 0.1) is 5.92 Å². The van der Waals surface area contributed by atoms with Gasteiger partial charge in [-0.3, -0.25) is 0 Å². The summed E-state index contributed by atoms with van der Waals surface area (Å²) in [5.41, 5.74) is 9.04. The molecule has 5 N–H and O–H groups in total. The predicted octanol–water partition coefficient (Wildman–Crippen LogP) is 3.21. The number of anilines is 1. The van der Waals surface area contributed by atoms with Gasteiger partial charge in [0.15, 0.2) is 0 Å². The van der Waals surface area contributed by atoms with Crippen LogP contribution in [0.25, 0.3) is 11.3 Å². The Hall–Kier alpha value is -2.02. The Morgan fingerprint density at radius 1 is 1.25 bits per heavy atom. The molecule has 7 heteroatoms. The van der Waals surface area contributed by atoms with E-state index < -0.39 is 0 Å². The molecular weight excluding hydrogens is 378 g/mol. The Kier molecular flexibility index (Phi) is 6.65. The molecule has 1 aromatic carbocycles. The van der Waals surface area contributed by atoms with Gasteiger partial charge in [-0.1, -0.05) is 6.07 Å². The molecule has 0 bridgehead atoms. The van der Waals surface area contributed by atoms with E-state index in [0.717, 1.165) is 31.5 Å². The molecule has 1 unspecified atom stereocenters. The molecule has 0 amide bonds. The summed E-state index contributed by atoms with van der Waals surface area (Å²) in [6.45, 7) is 2.37. The van der Waals surface area contributed by atoms with E-state index in [1.54, 1.807) is 12.1 Å². The number of aliphatic hydroxyl groups is 1. The molecule has 1 saturated carbocycles. The third kappa shape index (κ3) is 4.35. The number of phenols is 1. The van der Waals surface area contributed by atoms with E-state index in [1.807, 2.05) is 12.1 Å². The molecule has 1 aliphatic heterocycles. The van der Waals surface area contributed by atoms with Crippen LogP contribution in [-0.2, 0) is 6.61 Å². The van der Waals surface area contributed by atoms with Gasteiger partial charge in [-0.2, -0.15) is 0 Å². The van der Waals surface area contributed by atoms with Crippen molar-refractivity contribution in [2.24, 2.45) is 5.92 Å². The largest absolute Gasteiger partial charge is 0.507 e. The third-order valence-electron chi connectivity index (χ3n) is 5.52. The number of ether oxygens (including phenoxy) is 1. The maximum Gasteiger partial charge on any atom is 0.132 e. The number of rotatable bonds is 6. The number of hydrogen-bond donors (Lipinski definition) is 4. The summed E-state index contributed by atoms with van der Waals surface area (Å²) in [5.74, 6) is 1.94. The van der Waals surface area contributed by atoms with E-state index in [9.17, 15) is 10.2 Å². The fourth-order valence-corrected chi connectivity index (χ4v) is 3.78. The molecule has 2 aliphatic rings. The number of pyridine rings is 1. The van der Waals surface area contributed by atoms with Gasteiger partial charge in [-0.05, 0) is 67.8 Å². The van der Waals surface area contributed by atoms with Gasteiger partial charge in [0.2, 0.25) is 0 Å². The van der Waals surface area contributed by atoms with Crippen molar-refractivity contribution in [1.82, 2.24) is 10.3 Å². The van der Waals surface area contributed by atoms with Crippen LogP contribution in [0.1, 0.15) is 42.7 Å². The average molecular weight is 406 g/mol. The molecule has 1 saturated heterocycles. The van der Waals surface area contributed by atoms with Gasteiger partial charge >= 0.3 is 0 Å². The highest BCUT2D eigenvalue weighted by atomic mass is 35.5. The molecule has 6 nitrogen and oxygen atoms in total. The molecule has 1 atom stereocenters. The molecule has 1 aromatic heterocycles. The van der Waals surface area contributed by atoms with Gasteiger partial charge in [0.05, 0.1) is 24.5 Å². The second-order valence-corrected chi connectivity index (χ2v) is 7.57. The van der Waals surface area contributed by atoms with E-state index in [2.05, 4.69) is 10.3 Å². The second-order valence-electron chi connectivity index (χ2n) is 7.57. The zero-order valence-electron chi connectivity index (χ0n) is 15.9. The molecule has 0 radical (unpaired) electrons. The van der Waals surface area contributed by atoms with Crippen molar-refractivity contribution in [1.29, 1.82) is 0 Å². The summed E-state index contributed by atoms with van der Waals surface area (Å²) in [4.78, 5) is 4.49. The fourth-order valence-electron chi connectivity index (χ4n) is 3.78. The van der Waals surface area contributed by atoms with Crippen molar-refractivity contribution in [3.05, 3.63) is 35.4 Å². The molecule has 2 heterocycles. The van der Waals surface area contributed by atoms with Crippen LogP contribution in [0.3, 0.4) is 0 Å². The molecule has 1 aliphatic carbocycles. The Labute approximate surface area is 171 Å². The highest BCUT2D eigenvalue weighted by Crippen LogP contribution is 2.41. The Morgan fingerprint density at radius 2 is 2.07 bits per heavy atom. The highest BCUT2D eigenvalue weighted by Gasteiger charge is 2.25. The smallest absolute Gasteiger partial charge is 0.132 e. The lowest BCUT2D eigenvalue weighted by atomic mass is 9.87. The van der Waals surface area contributed by atoms with Crippen LogP contribution < -0.4 is 15.8 Å². The highest BCUT2D eigenvalue weighted by molar-refractivity contribution is 5.85. The lowest BCUT2D eigenvalue weighted by Crippen LogP contribution is -2.29. The Balaban J connectivity index is 0.00000225. The number of aromatic nitrogens is 1. The van der Waals surface area contributed by atoms with Crippen LogP contribution in [0.15, 0.2) is 24.3 Å². The first kappa shape index (κ1) is 20.7. The first-order valence-electron chi connectivity index (χ1n) is 9.73. The van der Waals surface area contributed by atoms with Crippen LogP contribution in [0.2, 0.25) is 0 Å². The number of halogens is 1. The SMILES string of the molecule is Cl.Nc1nc(-c2c(O)cccc2OCC2CC2)cc(C2CCCNC2)c1CO. The third-order valence-corrected chi connectivity index (χ3v) is 5.52. The molecule has 28 heavy (non-hydrogen) atoms. The Bertz CT molecular complexity index is 821. The topological polar surface area (TPSA) is 101 Å². The van der Waals surface area contributed by atoms with Crippen molar-refractivity contribution in [2.75, 3.05) is 25.4 Å². The number of nitrogens with one attached hydrogen (secondary N) is 1. The van der Waals surface area contributed by atoms with Crippen molar-refractivity contribution in [2.45, 2.75) is 38.2 Å². The van der Waals surface area contributed by atoms with E-state index in [-0.39, 0.29) is 30.7 Å². The molecular formula is C21H28ClN3O3. The van der Waals surface area contributed by atoms with Crippen molar-refractivity contribution in [3.8, 4) is 22.8 Å². The number of aliphatic hydroxyl groups excluding tert-OH is 1. The number of aromatic hydroxyl groups is 1. The molecule has 152 valence electrons. The first-order chi connectivity index (χ1) is 13.2. The summed E-state index contributed by atoms with van der Waals surface area (Å²) in [6.07, 6.45) is 4.51. The minimum atomic E-state index is -0.142. The number of nitrogen functional groups attached to an aromatic ring is 1. The first-order valence-corrected chi connectivity index (χ1v) is 9.73. The number of piperidine rings is 1. The minimum Gasteiger partial charge on any atom is -0.507 e. The van der Waals surface area contributed by atoms with Gasteiger partial charge < -0.3 is 26.0 Å². The van der Waals surface area contributed by atoms with Crippen molar-refractivity contribution < 1.29 is 14.9 Å². The predicted molar refractivity (Wildman–Crippen MR) is 112 cm³/mol. The summed E-state index contributed by atoms with van der Waals surface area (Å²) < 4.78 is 5.98. The number of nitrogens with zero attached hydrogens (tertiary/aromatic N) is 1. The Morgan fingerprint density at radius 3 is 2.75 bits per heavy atom. The van der Waals surface area contributed by atoms with E-state index >= 15 is 0 Å². The van der Waals surface area contributed by atoms with Crippen molar-refractivity contribution >= 4 is 18.2 Å². The van der Waals surface area contributed by atoms with E-state index in [4.69, 9.17) is 10.5 Å². The van der Waals surface area contributed by atoms with Crippen LogP contribution in [0.4, 0.5) is 5.82 Å². The zero-order chi connectivity index (χ0) is 18.8. The quantitative estimate of drug-likeness (QED) is 0.588. The number of benzene rings is 1. The summed E-state index contributed by atoms with van der Waals surface area (Å²) in [7, 11) is 0. The lowest BCUT2D eigenvalue weighted by molar-refractivity contribution is 0.279. The summed E-state index contributed by atoms with van der Waals surface area (Å²) in [5, 5.41) is 23.8. The van der Waals surface area contributed by atoms with E-state index in [0.29, 0.717) is 40.9 Å².